The molecule has 18 heavy (non-hydrogen) atoms. The number of nitrogens with two attached hydrogens (primary N) is 1. The second-order valence-corrected chi connectivity index (χ2v) is 4.61. The Balaban J connectivity index is 1.81. The Hall–Kier alpha value is -1.26. The van der Waals surface area contributed by atoms with Crippen LogP contribution < -0.4 is 10.6 Å². The Morgan fingerprint density at radius 2 is 1.94 bits per heavy atom. The van der Waals surface area contributed by atoms with Crippen molar-refractivity contribution in [2.75, 3.05) is 44.0 Å². The van der Waals surface area contributed by atoms with E-state index < -0.39 is 0 Å². The smallest absolute Gasteiger partial charge is 0.0704 e. The molecule has 1 fully saturated rings. The molecule has 2 N–H and O–H groups in total. The minimum atomic E-state index is 0.362. The number of methoxy groups -OCH3 is 1. The monoisotopic (exact) mass is 250 g/mol. The van der Waals surface area contributed by atoms with E-state index in [4.69, 9.17) is 15.2 Å². The number of nitrogens with zero attached hydrogens (tertiary/aromatic N) is 1. The molecule has 0 spiro atoms. The second kappa shape index (κ2) is 6.61. The van der Waals surface area contributed by atoms with Gasteiger partial charge in [0.05, 0.1) is 30.7 Å². The molecule has 1 aromatic carbocycles. The molecule has 0 unspecified atom stereocenters. The van der Waals surface area contributed by atoms with Gasteiger partial charge >= 0.3 is 0 Å². The lowest BCUT2D eigenvalue weighted by Crippen LogP contribution is -2.37. The number of ether oxygens (including phenoxy) is 2. The molecular formula is C14H22N2O2. The molecule has 1 aliphatic rings. The van der Waals surface area contributed by atoms with Crippen LogP contribution >= 0.6 is 0 Å². The SMILES string of the molecule is COCCOC1CCN(c2ccccc2N)CC1. The minimum absolute atomic E-state index is 0.362. The Kier molecular flexibility index (Phi) is 4.84. The summed E-state index contributed by atoms with van der Waals surface area (Å²) in [6, 6.07) is 8.05. The van der Waals surface area contributed by atoms with Gasteiger partial charge in [-0.3, -0.25) is 0 Å². The molecule has 0 atom stereocenters. The molecule has 0 saturated carbocycles. The van der Waals surface area contributed by atoms with Gasteiger partial charge in [-0.2, -0.15) is 0 Å². The van der Waals surface area contributed by atoms with Crippen LogP contribution in [0.5, 0.6) is 0 Å². The summed E-state index contributed by atoms with van der Waals surface area (Å²) in [6.07, 6.45) is 2.47. The van der Waals surface area contributed by atoms with Crippen molar-refractivity contribution >= 4 is 11.4 Å². The van der Waals surface area contributed by atoms with Crippen LogP contribution in [0.25, 0.3) is 0 Å². The average Bonchev–Trinajstić information content (AvgIpc) is 2.41. The number of nitrogen functional groups attached to an aromatic ring is 1. The normalized spacial score (nSPS) is 17.1. The van der Waals surface area contributed by atoms with Gasteiger partial charge in [0.1, 0.15) is 0 Å². The van der Waals surface area contributed by atoms with E-state index in [1.807, 2.05) is 18.2 Å². The van der Waals surface area contributed by atoms with Crippen molar-refractivity contribution in [2.45, 2.75) is 18.9 Å². The maximum atomic E-state index is 5.99. The molecule has 100 valence electrons. The van der Waals surface area contributed by atoms with Crippen molar-refractivity contribution < 1.29 is 9.47 Å². The number of piperidine rings is 1. The van der Waals surface area contributed by atoms with Crippen LogP contribution in [-0.4, -0.2) is 39.5 Å². The zero-order valence-corrected chi connectivity index (χ0v) is 11.0. The van der Waals surface area contributed by atoms with Gasteiger partial charge in [-0.15, -0.1) is 0 Å². The molecule has 0 radical (unpaired) electrons. The van der Waals surface area contributed by atoms with E-state index in [0.717, 1.165) is 37.3 Å². The van der Waals surface area contributed by atoms with E-state index in [0.29, 0.717) is 19.3 Å². The van der Waals surface area contributed by atoms with E-state index in [1.54, 1.807) is 7.11 Å². The number of anilines is 2. The molecular weight excluding hydrogens is 228 g/mol. The molecule has 1 aromatic rings. The summed E-state index contributed by atoms with van der Waals surface area (Å²) >= 11 is 0. The first-order valence-electron chi connectivity index (χ1n) is 6.51. The molecule has 0 bridgehead atoms. The van der Waals surface area contributed by atoms with Gasteiger partial charge in [-0.05, 0) is 25.0 Å². The van der Waals surface area contributed by atoms with Crippen molar-refractivity contribution in [1.82, 2.24) is 0 Å². The van der Waals surface area contributed by atoms with Crippen LogP contribution in [0.2, 0.25) is 0 Å². The Labute approximate surface area is 109 Å². The highest BCUT2D eigenvalue weighted by Crippen LogP contribution is 2.26. The molecule has 0 aromatic heterocycles. The lowest BCUT2D eigenvalue weighted by Gasteiger charge is -2.34. The predicted octanol–water partition coefficient (Wildman–Crippen LogP) is 1.90. The Morgan fingerprint density at radius 1 is 1.22 bits per heavy atom. The predicted molar refractivity (Wildman–Crippen MR) is 73.9 cm³/mol. The van der Waals surface area contributed by atoms with E-state index in [9.17, 15) is 0 Å². The van der Waals surface area contributed by atoms with E-state index in [2.05, 4.69) is 11.0 Å². The van der Waals surface area contributed by atoms with Crippen molar-refractivity contribution in [3.63, 3.8) is 0 Å². The first-order valence-corrected chi connectivity index (χ1v) is 6.51. The molecule has 1 saturated heterocycles. The lowest BCUT2D eigenvalue weighted by atomic mass is 10.1. The summed E-state index contributed by atoms with van der Waals surface area (Å²) in [5.41, 5.74) is 8.00. The summed E-state index contributed by atoms with van der Waals surface area (Å²) in [5.74, 6) is 0. The van der Waals surface area contributed by atoms with Crippen molar-refractivity contribution in [2.24, 2.45) is 0 Å². The maximum Gasteiger partial charge on any atom is 0.0704 e. The van der Waals surface area contributed by atoms with Gasteiger partial charge in [0, 0.05) is 20.2 Å². The molecule has 4 heteroatoms. The quantitative estimate of drug-likeness (QED) is 0.640. The highest BCUT2D eigenvalue weighted by molar-refractivity contribution is 5.67. The van der Waals surface area contributed by atoms with Crippen LogP contribution in [0.15, 0.2) is 24.3 Å². The summed E-state index contributed by atoms with van der Waals surface area (Å²) in [6.45, 7) is 3.37. The summed E-state index contributed by atoms with van der Waals surface area (Å²) in [7, 11) is 1.70. The number of hydrogen-bond acceptors (Lipinski definition) is 4. The van der Waals surface area contributed by atoms with Gasteiger partial charge in [0.25, 0.3) is 0 Å². The maximum absolute atomic E-state index is 5.99. The van der Waals surface area contributed by atoms with Gasteiger partial charge in [-0.25, -0.2) is 0 Å². The first kappa shape index (κ1) is 13.2. The minimum Gasteiger partial charge on any atom is -0.397 e. The van der Waals surface area contributed by atoms with E-state index >= 15 is 0 Å². The van der Waals surface area contributed by atoms with Crippen molar-refractivity contribution in [1.29, 1.82) is 0 Å². The molecule has 0 amide bonds. The fourth-order valence-corrected chi connectivity index (χ4v) is 2.34. The second-order valence-electron chi connectivity index (χ2n) is 4.61. The third kappa shape index (κ3) is 3.37. The Morgan fingerprint density at radius 3 is 2.61 bits per heavy atom. The zero-order chi connectivity index (χ0) is 12.8. The number of rotatable bonds is 5. The van der Waals surface area contributed by atoms with Crippen LogP contribution in [-0.2, 0) is 9.47 Å². The van der Waals surface area contributed by atoms with Crippen molar-refractivity contribution in [3.05, 3.63) is 24.3 Å². The van der Waals surface area contributed by atoms with Crippen LogP contribution in [0.4, 0.5) is 11.4 Å². The van der Waals surface area contributed by atoms with Crippen LogP contribution in [0.1, 0.15) is 12.8 Å². The fourth-order valence-electron chi connectivity index (χ4n) is 2.34. The molecule has 4 nitrogen and oxygen atoms in total. The molecule has 1 aliphatic heterocycles. The van der Waals surface area contributed by atoms with Gasteiger partial charge in [-0.1, -0.05) is 12.1 Å². The Bertz CT molecular complexity index is 363. The highest BCUT2D eigenvalue weighted by atomic mass is 16.5. The third-order valence-electron chi connectivity index (χ3n) is 3.36. The summed E-state index contributed by atoms with van der Waals surface area (Å²) in [5, 5.41) is 0. The average molecular weight is 250 g/mol. The number of benzene rings is 1. The number of hydrogen-bond donors (Lipinski definition) is 1. The molecule has 0 aliphatic carbocycles. The summed E-state index contributed by atoms with van der Waals surface area (Å²) in [4.78, 5) is 2.34. The van der Waals surface area contributed by atoms with Gasteiger partial charge in [0.15, 0.2) is 0 Å². The zero-order valence-electron chi connectivity index (χ0n) is 11.0. The molecule has 2 rings (SSSR count). The summed E-state index contributed by atoms with van der Waals surface area (Å²) < 4.78 is 10.7. The van der Waals surface area contributed by atoms with Crippen LogP contribution in [0.3, 0.4) is 0 Å². The van der Waals surface area contributed by atoms with Gasteiger partial charge in [0.2, 0.25) is 0 Å². The third-order valence-corrected chi connectivity index (χ3v) is 3.36. The van der Waals surface area contributed by atoms with E-state index in [1.165, 1.54) is 0 Å². The number of para-hydroxylation sites is 2. The fraction of sp³-hybridized carbons (Fsp3) is 0.571. The lowest BCUT2D eigenvalue weighted by molar-refractivity contribution is 0.00611. The standard InChI is InChI=1S/C14H22N2O2/c1-17-10-11-18-12-6-8-16(9-7-12)14-5-3-2-4-13(14)15/h2-5,12H,6-11,15H2,1H3. The first-order chi connectivity index (χ1) is 8.81. The highest BCUT2D eigenvalue weighted by Gasteiger charge is 2.20. The van der Waals surface area contributed by atoms with Crippen LogP contribution in [0, 0.1) is 0 Å². The van der Waals surface area contributed by atoms with E-state index in [-0.39, 0.29) is 0 Å². The van der Waals surface area contributed by atoms with Crippen molar-refractivity contribution in [3.8, 4) is 0 Å². The largest absolute Gasteiger partial charge is 0.397 e. The van der Waals surface area contributed by atoms with Gasteiger partial charge < -0.3 is 20.1 Å². The topological polar surface area (TPSA) is 47.7 Å². The molecule has 1 heterocycles.